The van der Waals surface area contributed by atoms with E-state index in [0.29, 0.717) is 23.5 Å². The normalized spacial score (nSPS) is 14.3. The van der Waals surface area contributed by atoms with E-state index in [9.17, 15) is 14.4 Å². The van der Waals surface area contributed by atoms with Gasteiger partial charge in [-0.15, -0.1) is 0 Å². The van der Waals surface area contributed by atoms with Crippen molar-refractivity contribution < 1.29 is 23.8 Å². The van der Waals surface area contributed by atoms with E-state index in [2.05, 4.69) is 5.32 Å². The van der Waals surface area contributed by atoms with Crippen LogP contribution in [0.5, 0.6) is 5.75 Å². The zero-order valence-corrected chi connectivity index (χ0v) is 16.5. The molecule has 3 rings (SSSR count). The molecule has 0 spiro atoms. The van der Waals surface area contributed by atoms with Gasteiger partial charge < -0.3 is 19.6 Å². The van der Waals surface area contributed by atoms with Gasteiger partial charge in [0.05, 0.1) is 0 Å². The molecule has 1 aliphatic carbocycles. The summed E-state index contributed by atoms with van der Waals surface area (Å²) in [6.45, 7) is -0.316. The molecule has 7 nitrogen and oxygen atoms in total. The van der Waals surface area contributed by atoms with E-state index in [1.807, 2.05) is 12.3 Å². The minimum atomic E-state index is -1.07. The highest BCUT2D eigenvalue weighted by Gasteiger charge is 2.20. The van der Waals surface area contributed by atoms with Gasteiger partial charge in [-0.1, -0.05) is 0 Å². The summed E-state index contributed by atoms with van der Waals surface area (Å²) in [5, 5.41) is 12.5. The molecule has 1 aromatic heterocycles. The number of nitrogens with one attached hydrogen (secondary N) is 1. The summed E-state index contributed by atoms with van der Waals surface area (Å²) < 4.78 is 10.9. The first kappa shape index (κ1) is 20.3. The molecule has 2 aromatic rings. The number of thioether (sulfide) groups is 1. The molecule has 1 heterocycles. The van der Waals surface area contributed by atoms with Gasteiger partial charge in [0, 0.05) is 17.0 Å². The number of hydrogen-bond donors (Lipinski definition) is 2. The topological polar surface area (TPSA) is 106 Å². The Labute approximate surface area is 166 Å². The van der Waals surface area contributed by atoms with Crippen LogP contribution in [-0.4, -0.2) is 41.6 Å². The van der Waals surface area contributed by atoms with Crippen molar-refractivity contribution in [2.45, 2.75) is 38.1 Å². The summed E-state index contributed by atoms with van der Waals surface area (Å²) in [4.78, 5) is 35.4. The first-order valence-electron chi connectivity index (χ1n) is 9.22. The third kappa shape index (κ3) is 4.67. The quantitative estimate of drug-likeness (QED) is 0.650. The number of ether oxygens (including phenoxy) is 1. The number of fused-ring (bicyclic) bond motifs is 3. The number of hydrogen-bond acceptors (Lipinski definition) is 6. The minimum absolute atomic E-state index is 0.310. The highest BCUT2D eigenvalue weighted by Crippen LogP contribution is 2.29. The largest absolute Gasteiger partial charge is 0.484 e. The van der Waals surface area contributed by atoms with E-state index in [0.717, 1.165) is 42.2 Å². The van der Waals surface area contributed by atoms with E-state index in [1.165, 1.54) is 11.8 Å². The number of amides is 1. The van der Waals surface area contributed by atoms with Gasteiger partial charge in [-0.05, 0) is 61.8 Å². The zero-order chi connectivity index (χ0) is 20.1. The van der Waals surface area contributed by atoms with Crippen LogP contribution in [0.4, 0.5) is 0 Å². The molecule has 0 saturated carbocycles. The molecule has 1 aromatic carbocycles. The summed E-state index contributed by atoms with van der Waals surface area (Å²) in [5.74, 6) is -0.565. The van der Waals surface area contributed by atoms with Crippen LogP contribution < -0.4 is 15.7 Å². The Kier molecular flexibility index (Phi) is 6.61. The van der Waals surface area contributed by atoms with Crippen LogP contribution in [0, 0.1) is 0 Å². The monoisotopic (exact) mass is 405 g/mol. The highest BCUT2D eigenvalue weighted by atomic mass is 32.2. The number of carboxylic acids is 1. The van der Waals surface area contributed by atoms with Crippen LogP contribution in [0.1, 0.15) is 30.4 Å². The first-order valence-corrected chi connectivity index (χ1v) is 10.6. The van der Waals surface area contributed by atoms with Crippen LogP contribution in [0.3, 0.4) is 0 Å². The predicted molar refractivity (Wildman–Crippen MR) is 107 cm³/mol. The van der Waals surface area contributed by atoms with Crippen molar-refractivity contribution >= 4 is 34.6 Å². The number of aryl methyl sites for hydroxylation is 1. The molecule has 0 unspecified atom stereocenters. The molecular formula is C20H23NO6S. The van der Waals surface area contributed by atoms with Gasteiger partial charge >= 0.3 is 11.6 Å². The molecule has 150 valence electrons. The Morgan fingerprint density at radius 3 is 2.75 bits per heavy atom. The van der Waals surface area contributed by atoms with Crippen LogP contribution in [0.2, 0.25) is 0 Å². The Hall–Kier alpha value is -2.48. The fraction of sp³-hybridized carbons (Fsp3) is 0.450. The van der Waals surface area contributed by atoms with Crippen molar-refractivity contribution in [2.24, 2.45) is 0 Å². The lowest BCUT2D eigenvalue weighted by atomic mass is 9.91. The molecule has 0 saturated heterocycles. The standard InChI is InChI=1S/C20H23NO6S/c1-28-9-8-16(19(23)24)21-18(22)11-26-12-6-7-14-13-4-2-3-5-15(13)20(25)27-17(14)10-12/h6-7,10,16H,2-5,8-9,11H2,1H3,(H,21,22)(H,23,24)/t16-/m1/s1. The Balaban J connectivity index is 1.68. The summed E-state index contributed by atoms with van der Waals surface area (Å²) in [5.41, 5.74) is 1.93. The van der Waals surface area contributed by atoms with E-state index in [-0.39, 0.29) is 12.2 Å². The molecular weight excluding hydrogens is 382 g/mol. The maximum Gasteiger partial charge on any atom is 0.339 e. The van der Waals surface area contributed by atoms with Gasteiger partial charge in [0.15, 0.2) is 6.61 Å². The summed E-state index contributed by atoms with van der Waals surface area (Å²) >= 11 is 1.51. The summed E-state index contributed by atoms with van der Waals surface area (Å²) in [6, 6.07) is 4.23. The fourth-order valence-corrected chi connectivity index (χ4v) is 3.86. The fourth-order valence-electron chi connectivity index (χ4n) is 3.39. The number of aliphatic carboxylic acids is 1. The Bertz CT molecular complexity index is 938. The van der Waals surface area contributed by atoms with Crippen molar-refractivity contribution in [2.75, 3.05) is 18.6 Å². The lowest BCUT2D eigenvalue weighted by Crippen LogP contribution is -2.43. The van der Waals surface area contributed by atoms with E-state index in [4.69, 9.17) is 14.3 Å². The third-order valence-electron chi connectivity index (χ3n) is 4.81. The van der Waals surface area contributed by atoms with Gasteiger partial charge in [-0.3, -0.25) is 4.79 Å². The smallest absolute Gasteiger partial charge is 0.339 e. The van der Waals surface area contributed by atoms with Crippen molar-refractivity contribution in [3.63, 3.8) is 0 Å². The van der Waals surface area contributed by atoms with Gasteiger partial charge in [-0.2, -0.15) is 11.8 Å². The number of rotatable bonds is 8. The van der Waals surface area contributed by atoms with Gasteiger partial charge in [0.2, 0.25) is 0 Å². The lowest BCUT2D eigenvalue weighted by Gasteiger charge is -2.16. The molecule has 8 heteroatoms. The molecule has 0 aliphatic heterocycles. The number of carbonyl (C=O) groups excluding carboxylic acids is 1. The third-order valence-corrected chi connectivity index (χ3v) is 5.45. The van der Waals surface area contributed by atoms with Crippen molar-refractivity contribution in [3.05, 3.63) is 39.7 Å². The lowest BCUT2D eigenvalue weighted by molar-refractivity contribution is -0.142. The molecule has 2 N–H and O–H groups in total. The SMILES string of the molecule is CSCC[C@@H](NC(=O)COc1ccc2c3c(c(=O)oc2c1)CCCC3)C(=O)O. The molecule has 1 atom stereocenters. The van der Waals surface area contributed by atoms with E-state index in [1.54, 1.807) is 12.1 Å². The summed E-state index contributed by atoms with van der Waals surface area (Å²) in [6.07, 6.45) is 5.85. The summed E-state index contributed by atoms with van der Waals surface area (Å²) in [7, 11) is 0. The Morgan fingerprint density at radius 2 is 2.04 bits per heavy atom. The minimum Gasteiger partial charge on any atom is -0.484 e. The second kappa shape index (κ2) is 9.14. The van der Waals surface area contributed by atoms with Crippen LogP contribution in [0.25, 0.3) is 11.0 Å². The highest BCUT2D eigenvalue weighted by molar-refractivity contribution is 7.98. The maximum atomic E-state index is 12.2. The molecule has 28 heavy (non-hydrogen) atoms. The average Bonchev–Trinajstić information content (AvgIpc) is 2.69. The van der Waals surface area contributed by atoms with Gasteiger partial charge in [-0.25, -0.2) is 9.59 Å². The van der Waals surface area contributed by atoms with E-state index >= 15 is 0 Å². The molecule has 0 radical (unpaired) electrons. The van der Waals surface area contributed by atoms with Crippen molar-refractivity contribution in [1.29, 1.82) is 0 Å². The first-order chi connectivity index (χ1) is 13.5. The van der Waals surface area contributed by atoms with Crippen LogP contribution in [-0.2, 0) is 22.4 Å². The number of carbonyl (C=O) groups is 2. The molecule has 1 aliphatic rings. The molecule has 0 fully saturated rings. The molecule has 0 bridgehead atoms. The second-order valence-electron chi connectivity index (χ2n) is 6.74. The van der Waals surface area contributed by atoms with Gasteiger partial charge in [0.1, 0.15) is 17.4 Å². The van der Waals surface area contributed by atoms with Crippen molar-refractivity contribution in [3.8, 4) is 5.75 Å². The molecule has 1 amide bonds. The second-order valence-corrected chi connectivity index (χ2v) is 7.73. The van der Waals surface area contributed by atoms with Crippen molar-refractivity contribution in [1.82, 2.24) is 5.32 Å². The number of carboxylic acid groups (broad SMARTS) is 1. The predicted octanol–water partition coefficient (Wildman–Crippen LogP) is 2.37. The van der Waals surface area contributed by atoms with Gasteiger partial charge in [0.25, 0.3) is 5.91 Å². The van der Waals surface area contributed by atoms with E-state index < -0.39 is 17.9 Å². The maximum absolute atomic E-state index is 12.2. The zero-order valence-electron chi connectivity index (χ0n) is 15.7. The Morgan fingerprint density at radius 1 is 1.29 bits per heavy atom. The van der Waals surface area contributed by atoms with Crippen LogP contribution >= 0.6 is 11.8 Å². The van der Waals surface area contributed by atoms with Crippen LogP contribution in [0.15, 0.2) is 27.4 Å². The number of benzene rings is 1. The average molecular weight is 405 g/mol.